The van der Waals surface area contributed by atoms with Gasteiger partial charge in [0.2, 0.25) is 10.0 Å². The molecule has 0 atom stereocenters. The molecule has 0 unspecified atom stereocenters. The quantitative estimate of drug-likeness (QED) is 0.849. The summed E-state index contributed by atoms with van der Waals surface area (Å²) in [6.45, 7) is 1.71. The molecular weight excluding hydrogens is 282 g/mol. The third-order valence-electron chi connectivity index (χ3n) is 3.31. The lowest BCUT2D eigenvalue weighted by atomic mass is 10.0. The molecule has 7 heteroatoms. The molecule has 0 radical (unpaired) electrons. The van der Waals surface area contributed by atoms with Crippen LogP contribution >= 0.6 is 0 Å². The van der Waals surface area contributed by atoms with Gasteiger partial charge in [0.25, 0.3) is 0 Å². The fourth-order valence-corrected chi connectivity index (χ4v) is 3.15. The summed E-state index contributed by atoms with van der Waals surface area (Å²) in [6, 6.07) is 5.17. The molecule has 2 rings (SSSR count). The van der Waals surface area contributed by atoms with Gasteiger partial charge in [-0.1, -0.05) is 0 Å². The Labute approximate surface area is 117 Å². The van der Waals surface area contributed by atoms with Gasteiger partial charge in [0.1, 0.15) is 0 Å². The summed E-state index contributed by atoms with van der Waals surface area (Å²) >= 11 is 0. The summed E-state index contributed by atoms with van der Waals surface area (Å²) < 4.78 is 31.9. The molecule has 110 valence electrons. The van der Waals surface area contributed by atoms with E-state index in [1.807, 2.05) is 0 Å². The SMILES string of the molecule is O=C(O)c1ccc(S(=O)(=O)NCC2CCOCC2)cc1. The average molecular weight is 299 g/mol. The molecule has 0 aliphatic carbocycles. The van der Waals surface area contributed by atoms with Crippen LogP contribution in [0.1, 0.15) is 23.2 Å². The molecule has 6 nitrogen and oxygen atoms in total. The first-order valence-corrected chi connectivity index (χ1v) is 7.88. The number of nitrogens with one attached hydrogen (secondary N) is 1. The zero-order chi connectivity index (χ0) is 14.6. The number of hydrogen-bond donors (Lipinski definition) is 2. The predicted molar refractivity (Wildman–Crippen MR) is 72.1 cm³/mol. The van der Waals surface area contributed by atoms with Gasteiger partial charge in [0.05, 0.1) is 10.5 Å². The van der Waals surface area contributed by atoms with Gasteiger partial charge in [-0.2, -0.15) is 0 Å². The number of benzene rings is 1. The van der Waals surface area contributed by atoms with E-state index >= 15 is 0 Å². The van der Waals surface area contributed by atoms with Crippen LogP contribution in [0.4, 0.5) is 0 Å². The van der Waals surface area contributed by atoms with E-state index in [-0.39, 0.29) is 16.4 Å². The first kappa shape index (κ1) is 15.0. The summed E-state index contributed by atoms with van der Waals surface area (Å²) in [6.07, 6.45) is 1.70. The Kier molecular flexibility index (Phi) is 4.74. The van der Waals surface area contributed by atoms with Crippen molar-refractivity contribution < 1.29 is 23.1 Å². The molecule has 1 aromatic carbocycles. The van der Waals surface area contributed by atoms with Gasteiger partial charge in [-0.3, -0.25) is 0 Å². The van der Waals surface area contributed by atoms with E-state index in [9.17, 15) is 13.2 Å². The highest BCUT2D eigenvalue weighted by atomic mass is 32.2. The largest absolute Gasteiger partial charge is 0.478 e. The van der Waals surface area contributed by atoms with E-state index in [1.54, 1.807) is 0 Å². The van der Waals surface area contributed by atoms with Gasteiger partial charge in [0, 0.05) is 19.8 Å². The number of rotatable bonds is 5. The summed E-state index contributed by atoms with van der Waals surface area (Å²) in [5.74, 6) is -0.791. The van der Waals surface area contributed by atoms with Crippen LogP contribution in [0.15, 0.2) is 29.2 Å². The van der Waals surface area contributed by atoms with Crippen molar-refractivity contribution >= 4 is 16.0 Å². The van der Waals surface area contributed by atoms with E-state index in [4.69, 9.17) is 9.84 Å². The van der Waals surface area contributed by atoms with Gasteiger partial charge in [0.15, 0.2) is 0 Å². The van der Waals surface area contributed by atoms with E-state index in [0.717, 1.165) is 12.8 Å². The Bertz CT molecular complexity index is 561. The van der Waals surface area contributed by atoms with E-state index in [0.29, 0.717) is 19.8 Å². The molecule has 0 aromatic heterocycles. The van der Waals surface area contributed by atoms with Crippen molar-refractivity contribution in [3.63, 3.8) is 0 Å². The van der Waals surface area contributed by atoms with Gasteiger partial charge in [-0.15, -0.1) is 0 Å². The molecule has 1 aromatic rings. The van der Waals surface area contributed by atoms with Crippen LogP contribution in [0.5, 0.6) is 0 Å². The Morgan fingerprint density at radius 3 is 2.40 bits per heavy atom. The fraction of sp³-hybridized carbons (Fsp3) is 0.462. The first-order chi connectivity index (χ1) is 9.49. The molecular formula is C13H17NO5S. The molecule has 1 saturated heterocycles. The van der Waals surface area contributed by atoms with Gasteiger partial charge in [-0.25, -0.2) is 17.9 Å². The second-order valence-electron chi connectivity index (χ2n) is 4.74. The molecule has 20 heavy (non-hydrogen) atoms. The van der Waals surface area contributed by atoms with Crippen LogP contribution in [0, 0.1) is 5.92 Å². The van der Waals surface area contributed by atoms with E-state index in [1.165, 1.54) is 24.3 Å². The summed E-state index contributed by atoms with van der Waals surface area (Å²) in [5.41, 5.74) is 0.0633. The van der Waals surface area contributed by atoms with Crippen molar-refractivity contribution in [3.8, 4) is 0 Å². The van der Waals surface area contributed by atoms with Gasteiger partial charge in [-0.05, 0) is 43.0 Å². The van der Waals surface area contributed by atoms with Crippen molar-refractivity contribution in [1.29, 1.82) is 0 Å². The van der Waals surface area contributed by atoms with Crippen molar-refractivity contribution in [2.45, 2.75) is 17.7 Å². The monoisotopic (exact) mass is 299 g/mol. The Hall–Kier alpha value is -1.44. The van der Waals surface area contributed by atoms with Crippen LogP contribution in [0.2, 0.25) is 0 Å². The zero-order valence-corrected chi connectivity index (χ0v) is 11.7. The minimum Gasteiger partial charge on any atom is -0.478 e. The average Bonchev–Trinajstić information content (AvgIpc) is 2.46. The van der Waals surface area contributed by atoms with Crippen molar-refractivity contribution in [2.24, 2.45) is 5.92 Å². The lowest BCUT2D eigenvalue weighted by molar-refractivity contribution is 0.0678. The number of sulfonamides is 1. The number of aromatic carboxylic acids is 1. The smallest absolute Gasteiger partial charge is 0.335 e. The highest BCUT2D eigenvalue weighted by Crippen LogP contribution is 2.15. The Morgan fingerprint density at radius 1 is 1.25 bits per heavy atom. The molecule has 2 N–H and O–H groups in total. The second-order valence-corrected chi connectivity index (χ2v) is 6.50. The summed E-state index contributed by atoms with van der Waals surface area (Å²) in [7, 11) is -3.59. The molecule has 0 saturated carbocycles. The fourth-order valence-electron chi connectivity index (χ4n) is 2.04. The minimum absolute atomic E-state index is 0.0633. The highest BCUT2D eigenvalue weighted by Gasteiger charge is 2.19. The third kappa shape index (κ3) is 3.78. The van der Waals surface area contributed by atoms with Crippen LogP contribution < -0.4 is 4.72 Å². The number of carbonyl (C=O) groups is 1. The first-order valence-electron chi connectivity index (χ1n) is 6.40. The molecule has 1 heterocycles. The third-order valence-corrected chi connectivity index (χ3v) is 4.75. The van der Waals surface area contributed by atoms with Crippen molar-refractivity contribution in [3.05, 3.63) is 29.8 Å². The van der Waals surface area contributed by atoms with Crippen LogP contribution in [-0.4, -0.2) is 39.3 Å². The van der Waals surface area contributed by atoms with Crippen LogP contribution in [-0.2, 0) is 14.8 Å². The maximum atomic E-state index is 12.1. The second kappa shape index (κ2) is 6.34. The van der Waals surface area contributed by atoms with E-state index in [2.05, 4.69) is 4.72 Å². The zero-order valence-electron chi connectivity index (χ0n) is 10.9. The standard InChI is InChI=1S/C13H17NO5S/c15-13(16)11-1-3-12(4-2-11)20(17,18)14-9-10-5-7-19-8-6-10/h1-4,10,14H,5-9H2,(H,15,16). The van der Waals surface area contributed by atoms with Crippen molar-refractivity contribution in [1.82, 2.24) is 4.72 Å². The maximum Gasteiger partial charge on any atom is 0.335 e. The number of carboxylic acids is 1. The Morgan fingerprint density at radius 2 is 1.85 bits per heavy atom. The molecule has 0 spiro atoms. The summed E-state index contributed by atoms with van der Waals surface area (Å²) in [5, 5.41) is 8.78. The van der Waals surface area contributed by atoms with Crippen LogP contribution in [0.25, 0.3) is 0 Å². The number of ether oxygens (including phenoxy) is 1. The molecule has 1 aliphatic heterocycles. The molecule has 1 fully saturated rings. The topological polar surface area (TPSA) is 92.7 Å². The summed E-state index contributed by atoms with van der Waals surface area (Å²) in [4.78, 5) is 10.8. The molecule has 0 amide bonds. The van der Waals surface area contributed by atoms with Gasteiger partial charge < -0.3 is 9.84 Å². The van der Waals surface area contributed by atoms with Gasteiger partial charge >= 0.3 is 5.97 Å². The lowest BCUT2D eigenvalue weighted by Gasteiger charge is -2.22. The maximum absolute atomic E-state index is 12.1. The number of hydrogen-bond acceptors (Lipinski definition) is 4. The lowest BCUT2D eigenvalue weighted by Crippen LogP contribution is -2.32. The highest BCUT2D eigenvalue weighted by molar-refractivity contribution is 7.89. The number of carboxylic acid groups (broad SMARTS) is 1. The Balaban J connectivity index is 2.00. The predicted octanol–water partition coefficient (Wildman–Crippen LogP) is 1.09. The van der Waals surface area contributed by atoms with Crippen LogP contribution in [0.3, 0.4) is 0 Å². The van der Waals surface area contributed by atoms with E-state index < -0.39 is 16.0 Å². The molecule has 1 aliphatic rings. The molecule has 0 bridgehead atoms. The normalized spacial score (nSPS) is 17.0. The van der Waals surface area contributed by atoms with Crippen molar-refractivity contribution in [2.75, 3.05) is 19.8 Å². The minimum atomic E-state index is -3.59.